The maximum absolute atomic E-state index is 14.5. The normalized spacial score (nSPS) is 24.5. The van der Waals surface area contributed by atoms with Crippen molar-refractivity contribution in [3.63, 3.8) is 0 Å². The lowest BCUT2D eigenvalue weighted by Crippen LogP contribution is -2.19. The molecule has 1 saturated heterocycles. The number of esters is 1. The van der Waals surface area contributed by atoms with Crippen molar-refractivity contribution >= 4 is 22.5 Å². The quantitative estimate of drug-likeness (QED) is 0.234. The van der Waals surface area contributed by atoms with Gasteiger partial charge in [0, 0.05) is 18.3 Å². The van der Waals surface area contributed by atoms with Crippen LogP contribution >= 0.6 is 0 Å². The van der Waals surface area contributed by atoms with Crippen LogP contribution in [0.5, 0.6) is 5.75 Å². The van der Waals surface area contributed by atoms with E-state index in [-0.39, 0.29) is 18.8 Å². The summed E-state index contributed by atoms with van der Waals surface area (Å²) in [7, 11) is 0. The van der Waals surface area contributed by atoms with Crippen molar-refractivity contribution in [3.05, 3.63) is 52.9 Å². The molecule has 1 N–H and O–H groups in total. The highest BCUT2D eigenvalue weighted by molar-refractivity contribution is 5.91. The highest BCUT2D eigenvalue weighted by Crippen LogP contribution is 2.42. The fraction of sp³-hybridized carbons (Fsp3) is 0.333. The fourth-order valence-electron chi connectivity index (χ4n) is 4.19. The largest absolute Gasteiger partial charge is 0.479 e. The Labute approximate surface area is 180 Å². The minimum Gasteiger partial charge on any atom is -0.479 e. The highest BCUT2D eigenvalue weighted by Gasteiger charge is 2.48. The Morgan fingerprint density at radius 3 is 2.15 bits per heavy atom. The first-order valence-electron chi connectivity index (χ1n) is 9.56. The van der Waals surface area contributed by atoms with Gasteiger partial charge in [0.1, 0.15) is 6.10 Å². The Hall–Kier alpha value is -3.15. The number of carbonyl (C=O) groups is 2. The average Bonchev–Trinajstić information content (AvgIpc) is 3.25. The molecule has 1 saturated carbocycles. The Bertz CT molecular complexity index is 1210. The van der Waals surface area contributed by atoms with E-state index in [1.165, 1.54) is 6.08 Å². The first-order valence-corrected chi connectivity index (χ1v) is 9.56. The van der Waals surface area contributed by atoms with E-state index in [1.54, 1.807) is 0 Å². The summed E-state index contributed by atoms with van der Waals surface area (Å²) >= 11 is 0. The molecule has 5 nitrogen and oxygen atoms in total. The molecule has 2 aromatic rings. The third-order valence-electron chi connectivity index (χ3n) is 5.74. The van der Waals surface area contributed by atoms with Crippen LogP contribution in [0.1, 0.15) is 12.8 Å². The van der Waals surface area contributed by atoms with Crippen molar-refractivity contribution in [1.82, 2.24) is 0 Å². The second-order valence-electron chi connectivity index (χ2n) is 7.67. The van der Waals surface area contributed by atoms with Crippen LogP contribution in [0.3, 0.4) is 0 Å². The zero-order valence-electron chi connectivity index (χ0n) is 16.3. The Morgan fingerprint density at radius 2 is 1.52 bits per heavy atom. The van der Waals surface area contributed by atoms with E-state index in [1.807, 2.05) is 0 Å². The average molecular weight is 478 g/mol. The lowest BCUT2D eigenvalue weighted by atomic mass is 9.91. The summed E-state index contributed by atoms with van der Waals surface area (Å²) in [5.74, 6) is -20.1. The van der Waals surface area contributed by atoms with Crippen molar-refractivity contribution in [3.8, 4) is 5.75 Å². The first-order chi connectivity index (χ1) is 15.5. The first kappa shape index (κ1) is 23.0. The fourth-order valence-corrected chi connectivity index (χ4v) is 4.19. The molecule has 0 aromatic heterocycles. The minimum atomic E-state index is -2.46. The van der Waals surface area contributed by atoms with Gasteiger partial charge in [0.15, 0.2) is 53.0 Å². The van der Waals surface area contributed by atoms with Crippen LogP contribution in [0.2, 0.25) is 0 Å². The SMILES string of the molecule is O=C(/C=C/[C@@H]1[C@H]2CC(=O)O[C@H]2C[C@H]1O)COc1c(F)c(F)c2c(F)c(F)c(F)c(F)c2c1F. The summed E-state index contributed by atoms with van der Waals surface area (Å²) in [4.78, 5) is 23.4. The van der Waals surface area contributed by atoms with E-state index in [9.17, 15) is 45.4 Å². The summed E-state index contributed by atoms with van der Waals surface area (Å²) in [5, 5.41) is 6.53. The predicted molar refractivity (Wildman–Crippen MR) is 95.4 cm³/mol. The number of benzene rings is 2. The van der Waals surface area contributed by atoms with Gasteiger partial charge in [-0.3, -0.25) is 9.59 Å². The molecular formula is C21H13F7O5. The second-order valence-corrected chi connectivity index (χ2v) is 7.67. The molecule has 2 fully saturated rings. The summed E-state index contributed by atoms with van der Waals surface area (Å²) in [6.45, 7) is -1.10. The maximum Gasteiger partial charge on any atom is 0.306 e. The summed E-state index contributed by atoms with van der Waals surface area (Å²) in [6.07, 6.45) is 0.967. The number of aliphatic hydroxyl groups is 1. The number of rotatable bonds is 5. The number of carbonyl (C=O) groups excluding carboxylic acids is 2. The smallest absolute Gasteiger partial charge is 0.306 e. The number of fused-ring (bicyclic) bond motifs is 2. The maximum atomic E-state index is 14.5. The molecule has 0 radical (unpaired) electrons. The van der Waals surface area contributed by atoms with Crippen molar-refractivity contribution in [2.45, 2.75) is 25.0 Å². The lowest BCUT2D eigenvalue weighted by molar-refractivity contribution is -0.141. The number of hydrogen-bond donors (Lipinski definition) is 1. The third kappa shape index (κ3) is 3.71. The van der Waals surface area contributed by atoms with E-state index in [0.29, 0.717) is 0 Å². The molecular weight excluding hydrogens is 465 g/mol. The van der Waals surface area contributed by atoms with E-state index < -0.39 is 93.7 Å². The van der Waals surface area contributed by atoms with E-state index in [4.69, 9.17) is 4.74 Å². The van der Waals surface area contributed by atoms with Gasteiger partial charge in [0.2, 0.25) is 5.82 Å². The van der Waals surface area contributed by atoms with E-state index >= 15 is 0 Å². The number of hydrogen-bond acceptors (Lipinski definition) is 5. The number of ketones is 1. The van der Waals surface area contributed by atoms with Gasteiger partial charge in [-0.1, -0.05) is 6.08 Å². The van der Waals surface area contributed by atoms with Gasteiger partial charge in [-0.05, 0) is 6.08 Å². The second kappa shape index (κ2) is 8.32. The van der Waals surface area contributed by atoms with Crippen LogP contribution in [0, 0.1) is 52.6 Å². The predicted octanol–water partition coefficient (Wildman–Crippen LogP) is 3.63. The van der Waals surface area contributed by atoms with Gasteiger partial charge in [-0.15, -0.1) is 0 Å². The molecule has 0 bridgehead atoms. The van der Waals surface area contributed by atoms with Crippen molar-refractivity contribution in [2.24, 2.45) is 11.8 Å². The molecule has 33 heavy (non-hydrogen) atoms. The molecule has 4 rings (SSSR count). The minimum absolute atomic E-state index is 0.0352. The summed E-state index contributed by atoms with van der Waals surface area (Å²) < 4.78 is 107. The van der Waals surface area contributed by atoms with Gasteiger partial charge in [-0.2, -0.15) is 4.39 Å². The zero-order valence-corrected chi connectivity index (χ0v) is 16.3. The summed E-state index contributed by atoms with van der Waals surface area (Å²) in [6, 6.07) is 0. The van der Waals surface area contributed by atoms with Gasteiger partial charge in [0.05, 0.1) is 23.3 Å². The third-order valence-corrected chi connectivity index (χ3v) is 5.74. The van der Waals surface area contributed by atoms with E-state index in [0.717, 1.165) is 6.08 Å². The Balaban J connectivity index is 1.57. The molecule has 1 aliphatic carbocycles. The molecule has 0 unspecified atom stereocenters. The molecule has 0 amide bonds. The number of ether oxygens (including phenoxy) is 2. The molecule has 1 heterocycles. The Morgan fingerprint density at radius 1 is 0.939 bits per heavy atom. The zero-order chi connectivity index (χ0) is 24.2. The molecule has 2 aromatic carbocycles. The van der Waals surface area contributed by atoms with Crippen molar-refractivity contribution in [2.75, 3.05) is 6.61 Å². The molecule has 0 spiro atoms. The van der Waals surface area contributed by atoms with Gasteiger partial charge >= 0.3 is 5.97 Å². The van der Waals surface area contributed by atoms with E-state index in [2.05, 4.69) is 4.74 Å². The lowest BCUT2D eigenvalue weighted by Gasteiger charge is -2.14. The monoisotopic (exact) mass is 478 g/mol. The summed E-state index contributed by atoms with van der Waals surface area (Å²) in [5.41, 5.74) is 0. The van der Waals surface area contributed by atoms with Gasteiger partial charge in [0.25, 0.3) is 0 Å². The highest BCUT2D eigenvalue weighted by atomic mass is 19.2. The van der Waals surface area contributed by atoms with Gasteiger partial charge in [-0.25, -0.2) is 26.3 Å². The van der Waals surface area contributed by atoms with Crippen molar-refractivity contribution < 1.29 is 54.9 Å². The Kier molecular flexibility index (Phi) is 5.81. The topological polar surface area (TPSA) is 72.8 Å². The standard InChI is InChI=1S/C21H13F7O5/c22-14-12-13(15(23)19(27)18(14)26)17(25)21(20(28)16(12)24)32-5-6(29)1-2-7-8-3-11(31)33-10(8)4-9(7)30/h1-2,7-10,30H,3-5H2/b2-1+/t7-,8-,9-,10+/m1/s1. The van der Waals surface area contributed by atoms with Crippen LogP contribution in [-0.4, -0.2) is 35.7 Å². The molecule has 12 heteroatoms. The number of halogens is 7. The van der Waals surface area contributed by atoms with Crippen LogP contribution in [0.4, 0.5) is 30.7 Å². The van der Waals surface area contributed by atoms with Gasteiger partial charge < -0.3 is 14.6 Å². The molecule has 2 aliphatic rings. The van der Waals surface area contributed by atoms with Crippen LogP contribution in [-0.2, 0) is 14.3 Å². The number of aliphatic hydroxyl groups excluding tert-OH is 1. The van der Waals surface area contributed by atoms with Crippen LogP contribution in [0.25, 0.3) is 10.8 Å². The van der Waals surface area contributed by atoms with Crippen LogP contribution in [0.15, 0.2) is 12.2 Å². The molecule has 176 valence electrons. The van der Waals surface area contributed by atoms with Crippen LogP contribution < -0.4 is 4.74 Å². The molecule has 1 aliphatic heterocycles. The molecule has 4 atom stereocenters. The van der Waals surface area contributed by atoms with Crippen molar-refractivity contribution in [1.29, 1.82) is 0 Å².